The van der Waals surface area contributed by atoms with Crippen LogP contribution in [0.2, 0.25) is 5.02 Å². The fourth-order valence-corrected chi connectivity index (χ4v) is 3.82. The number of amides is 1. The van der Waals surface area contributed by atoms with Crippen molar-refractivity contribution >= 4 is 28.8 Å². The van der Waals surface area contributed by atoms with Crippen molar-refractivity contribution in [3.05, 3.63) is 69.7 Å². The fraction of sp³-hybridized carbons (Fsp3) is 0.158. The topological polar surface area (TPSA) is 98.5 Å². The van der Waals surface area contributed by atoms with Crippen molar-refractivity contribution in [3.8, 4) is 16.3 Å². The molecule has 0 bridgehead atoms. The Balaban J connectivity index is 1.43. The molecule has 0 saturated heterocycles. The lowest BCUT2D eigenvalue weighted by Gasteiger charge is -2.04. The second-order valence-electron chi connectivity index (χ2n) is 6.27. The standard InChI is InChI=1S/C19H16ClN7OS/c1-11-7-8-16(12(2)22-11)27-10-15(23-26-27)18(28)21-9-17-24-25-19(29-17)13-5-3-4-6-14(13)20/h3-8,10H,9H2,1-2H3,(H,21,28). The van der Waals surface area contributed by atoms with E-state index in [9.17, 15) is 4.79 Å². The summed E-state index contributed by atoms with van der Waals surface area (Å²) in [4.78, 5) is 16.8. The van der Waals surface area contributed by atoms with E-state index >= 15 is 0 Å². The maximum Gasteiger partial charge on any atom is 0.273 e. The monoisotopic (exact) mass is 425 g/mol. The van der Waals surface area contributed by atoms with Gasteiger partial charge < -0.3 is 5.32 Å². The van der Waals surface area contributed by atoms with Crippen LogP contribution in [0.4, 0.5) is 0 Å². The van der Waals surface area contributed by atoms with Crippen molar-refractivity contribution in [2.75, 3.05) is 0 Å². The molecule has 0 aliphatic carbocycles. The smallest absolute Gasteiger partial charge is 0.273 e. The van der Waals surface area contributed by atoms with Crippen LogP contribution in [-0.4, -0.2) is 36.1 Å². The van der Waals surface area contributed by atoms with Crippen molar-refractivity contribution in [3.63, 3.8) is 0 Å². The van der Waals surface area contributed by atoms with Crippen LogP contribution in [0.1, 0.15) is 26.9 Å². The van der Waals surface area contributed by atoms with Gasteiger partial charge in [-0.3, -0.25) is 9.78 Å². The van der Waals surface area contributed by atoms with E-state index in [1.54, 1.807) is 12.3 Å². The Morgan fingerprint density at radius 3 is 2.76 bits per heavy atom. The van der Waals surface area contributed by atoms with E-state index in [0.717, 1.165) is 22.6 Å². The van der Waals surface area contributed by atoms with Gasteiger partial charge in [0, 0.05) is 11.3 Å². The number of aromatic nitrogens is 6. The lowest BCUT2D eigenvalue weighted by Crippen LogP contribution is -2.23. The van der Waals surface area contributed by atoms with Crippen molar-refractivity contribution < 1.29 is 4.79 Å². The molecule has 0 aliphatic rings. The average molecular weight is 426 g/mol. The predicted molar refractivity (Wildman–Crippen MR) is 110 cm³/mol. The van der Waals surface area contributed by atoms with Gasteiger partial charge in [-0.25, -0.2) is 4.68 Å². The summed E-state index contributed by atoms with van der Waals surface area (Å²) in [5, 5.41) is 21.0. The predicted octanol–water partition coefficient (Wildman–Crippen LogP) is 3.38. The Labute approximate surface area is 175 Å². The molecule has 3 aromatic heterocycles. The minimum absolute atomic E-state index is 0.209. The van der Waals surface area contributed by atoms with Gasteiger partial charge in [0.15, 0.2) is 5.69 Å². The number of hydrogen-bond acceptors (Lipinski definition) is 7. The number of pyridine rings is 1. The fourth-order valence-electron chi connectivity index (χ4n) is 2.72. The van der Waals surface area contributed by atoms with Gasteiger partial charge in [-0.15, -0.1) is 15.3 Å². The van der Waals surface area contributed by atoms with Gasteiger partial charge >= 0.3 is 0 Å². The van der Waals surface area contributed by atoms with Gasteiger partial charge in [-0.1, -0.05) is 46.4 Å². The van der Waals surface area contributed by atoms with Crippen LogP contribution in [0.15, 0.2) is 42.6 Å². The van der Waals surface area contributed by atoms with Crippen LogP contribution in [0, 0.1) is 13.8 Å². The van der Waals surface area contributed by atoms with E-state index in [-0.39, 0.29) is 18.1 Å². The molecule has 8 nitrogen and oxygen atoms in total. The quantitative estimate of drug-likeness (QED) is 0.526. The highest BCUT2D eigenvalue weighted by Gasteiger charge is 2.15. The SMILES string of the molecule is Cc1ccc(-n2cc(C(=O)NCc3nnc(-c4ccccc4Cl)s3)nn2)c(C)n1. The molecule has 0 fully saturated rings. The zero-order valence-corrected chi connectivity index (χ0v) is 17.2. The molecule has 10 heteroatoms. The molecular formula is C19H16ClN7OS. The highest BCUT2D eigenvalue weighted by atomic mass is 35.5. The van der Waals surface area contributed by atoms with Crippen molar-refractivity contribution in [2.45, 2.75) is 20.4 Å². The lowest BCUT2D eigenvalue weighted by atomic mass is 10.2. The molecule has 1 amide bonds. The Bertz CT molecular complexity index is 1190. The first kappa shape index (κ1) is 19.2. The number of nitrogens with zero attached hydrogens (tertiary/aromatic N) is 6. The third kappa shape index (κ3) is 4.15. The van der Waals surface area contributed by atoms with Gasteiger partial charge in [0.25, 0.3) is 5.91 Å². The molecular weight excluding hydrogens is 410 g/mol. The number of aryl methyl sites for hydroxylation is 2. The summed E-state index contributed by atoms with van der Waals surface area (Å²) < 4.78 is 1.54. The van der Waals surface area contributed by atoms with Crippen molar-refractivity contribution in [1.82, 2.24) is 35.5 Å². The highest BCUT2D eigenvalue weighted by Crippen LogP contribution is 2.29. The zero-order valence-electron chi connectivity index (χ0n) is 15.6. The molecule has 0 unspecified atom stereocenters. The van der Waals surface area contributed by atoms with Crippen LogP contribution in [0.25, 0.3) is 16.3 Å². The highest BCUT2D eigenvalue weighted by molar-refractivity contribution is 7.14. The van der Waals surface area contributed by atoms with Crippen molar-refractivity contribution in [1.29, 1.82) is 0 Å². The van der Waals surface area contributed by atoms with E-state index in [0.29, 0.717) is 15.0 Å². The molecule has 0 saturated carbocycles. The number of benzene rings is 1. The summed E-state index contributed by atoms with van der Waals surface area (Å²) in [5.41, 5.74) is 3.52. The molecule has 1 N–H and O–H groups in total. The van der Waals surface area contributed by atoms with E-state index in [1.165, 1.54) is 16.0 Å². The Hall–Kier alpha value is -3.17. The summed E-state index contributed by atoms with van der Waals surface area (Å²) in [6.07, 6.45) is 1.57. The van der Waals surface area contributed by atoms with Crippen LogP contribution in [-0.2, 0) is 6.54 Å². The number of halogens is 1. The van der Waals surface area contributed by atoms with Crippen LogP contribution >= 0.6 is 22.9 Å². The summed E-state index contributed by atoms with van der Waals surface area (Å²) in [5.74, 6) is -0.344. The van der Waals surface area contributed by atoms with Crippen LogP contribution in [0.3, 0.4) is 0 Å². The Morgan fingerprint density at radius 2 is 1.97 bits per heavy atom. The van der Waals surface area contributed by atoms with Crippen LogP contribution in [0.5, 0.6) is 0 Å². The minimum atomic E-state index is -0.344. The number of carbonyl (C=O) groups excluding carboxylic acids is 1. The average Bonchev–Trinajstić information content (AvgIpc) is 3.36. The van der Waals surface area contributed by atoms with Gasteiger partial charge in [0.1, 0.15) is 10.0 Å². The maximum atomic E-state index is 12.4. The zero-order chi connectivity index (χ0) is 20.4. The first-order chi connectivity index (χ1) is 14.0. The van der Waals surface area contributed by atoms with E-state index in [1.807, 2.05) is 44.2 Å². The molecule has 3 heterocycles. The second-order valence-corrected chi connectivity index (χ2v) is 7.74. The molecule has 0 spiro atoms. The largest absolute Gasteiger partial charge is 0.344 e. The first-order valence-electron chi connectivity index (χ1n) is 8.74. The van der Waals surface area contributed by atoms with Crippen molar-refractivity contribution in [2.24, 2.45) is 0 Å². The minimum Gasteiger partial charge on any atom is -0.344 e. The molecule has 4 aromatic rings. The molecule has 1 aromatic carbocycles. The molecule has 4 rings (SSSR count). The first-order valence-corrected chi connectivity index (χ1v) is 9.93. The number of rotatable bonds is 5. The molecule has 0 radical (unpaired) electrons. The Morgan fingerprint density at radius 1 is 1.14 bits per heavy atom. The number of nitrogens with one attached hydrogen (secondary N) is 1. The summed E-state index contributed by atoms with van der Waals surface area (Å²) in [6, 6.07) is 11.2. The number of hydrogen-bond donors (Lipinski definition) is 1. The molecule has 0 aliphatic heterocycles. The van der Waals surface area contributed by atoms with Gasteiger partial charge in [0.2, 0.25) is 0 Å². The lowest BCUT2D eigenvalue weighted by molar-refractivity contribution is 0.0945. The third-order valence-corrected chi connectivity index (χ3v) is 5.43. The van der Waals surface area contributed by atoms with E-state index < -0.39 is 0 Å². The van der Waals surface area contributed by atoms with Crippen LogP contribution < -0.4 is 5.32 Å². The van der Waals surface area contributed by atoms with E-state index in [4.69, 9.17) is 11.6 Å². The molecule has 29 heavy (non-hydrogen) atoms. The summed E-state index contributed by atoms with van der Waals surface area (Å²) in [6.45, 7) is 4.04. The van der Waals surface area contributed by atoms with Gasteiger partial charge in [-0.2, -0.15) is 0 Å². The Kier molecular flexibility index (Phi) is 5.32. The summed E-state index contributed by atoms with van der Waals surface area (Å²) in [7, 11) is 0. The second kappa shape index (κ2) is 8.06. The molecule has 146 valence electrons. The van der Waals surface area contributed by atoms with E-state index in [2.05, 4.69) is 30.8 Å². The normalized spacial score (nSPS) is 10.9. The van der Waals surface area contributed by atoms with Gasteiger partial charge in [0.05, 0.1) is 29.1 Å². The summed E-state index contributed by atoms with van der Waals surface area (Å²) >= 11 is 7.57. The van der Waals surface area contributed by atoms with Gasteiger partial charge in [-0.05, 0) is 32.0 Å². The molecule has 0 atom stereocenters. The third-order valence-electron chi connectivity index (χ3n) is 4.14. The number of carbonyl (C=O) groups is 1. The maximum absolute atomic E-state index is 12.4.